The van der Waals surface area contributed by atoms with Gasteiger partial charge in [-0.15, -0.1) is 0 Å². The summed E-state index contributed by atoms with van der Waals surface area (Å²) in [6.07, 6.45) is 4.89. The zero-order valence-electron chi connectivity index (χ0n) is 15.8. The monoisotopic (exact) mass is 371 g/mol. The number of carbonyl (C=O) groups is 1. The molecule has 1 amide bonds. The molecule has 1 saturated carbocycles. The molecule has 0 spiro atoms. The molecule has 0 saturated heterocycles. The zero-order valence-corrected chi connectivity index (χ0v) is 15.8. The Morgan fingerprint density at radius 2 is 2.00 bits per heavy atom. The third-order valence-electron chi connectivity index (χ3n) is 5.28. The van der Waals surface area contributed by atoms with E-state index in [9.17, 15) is 4.79 Å². The van der Waals surface area contributed by atoms with Gasteiger partial charge in [0.2, 0.25) is 24.4 Å². The van der Waals surface area contributed by atoms with Crippen molar-refractivity contribution in [1.29, 1.82) is 0 Å². The molecule has 0 unspecified atom stereocenters. The second-order valence-electron chi connectivity index (χ2n) is 7.44. The third kappa shape index (κ3) is 3.77. The second kappa shape index (κ2) is 7.58. The molecule has 1 aliphatic carbocycles. The lowest BCUT2D eigenvalue weighted by atomic mass is 10.1. The molecule has 2 aromatic rings. The first-order valence-electron chi connectivity index (χ1n) is 9.65. The molecule has 144 valence electrons. The van der Waals surface area contributed by atoms with Gasteiger partial charge in [-0.25, -0.2) is 0 Å². The van der Waals surface area contributed by atoms with Crippen molar-refractivity contribution in [2.75, 3.05) is 13.3 Å². The predicted octanol–water partition coefficient (Wildman–Crippen LogP) is 3.44. The summed E-state index contributed by atoms with van der Waals surface area (Å²) in [5.41, 5.74) is 0.817. The van der Waals surface area contributed by atoms with E-state index in [0.717, 1.165) is 37.0 Å². The molecule has 1 fully saturated rings. The first-order valence-corrected chi connectivity index (χ1v) is 9.65. The van der Waals surface area contributed by atoms with Gasteiger partial charge in [0, 0.05) is 30.5 Å². The van der Waals surface area contributed by atoms with Crippen LogP contribution >= 0.6 is 0 Å². The average molecular weight is 371 g/mol. The van der Waals surface area contributed by atoms with E-state index in [2.05, 4.69) is 24.0 Å². The number of hydrogen-bond acceptors (Lipinski definition) is 6. The van der Waals surface area contributed by atoms with E-state index >= 15 is 0 Å². The van der Waals surface area contributed by atoms with Gasteiger partial charge in [-0.05, 0) is 44.9 Å². The van der Waals surface area contributed by atoms with Crippen LogP contribution in [0.1, 0.15) is 45.4 Å². The van der Waals surface area contributed by atoms with Crippen molar-refractivity contribution in [3.8, 4) is 22.9 Å². The Morgan fingerprint density at radius 3 is 2.78 bits per heavy atom. The lowest BCUT2D eigenvalue weighted by Gasteiger charge is -2.29. The minimum absolute atomic E-state index is 0.161. The number of ether oxygens (including phenoxy) is 2. The fraction of sp³-hybridized carbons (Fsp3) is 0.550. The topological polar surface area (TPSA) is 77.7 Å². The van der Waals surface area contributed by atoms with Crippen LogP contribution in [0, 0.1) is 5.92 Å². The first kappa shape index (κ1) is 17.8. The number of carbonyl (C=O) groups excluding carboxylic acids is 1. The number of aromatic nitrogens is 2. The van der Waals surface area contributed by atoms with Gasteiger partial charge in [0.05, 0.1) is 0 Å². The summed E-state index contributed by atoms with van der Waals surface area (Å²) in [5.74, 6) is 2.90. The van der Waals surface area contributed by atoms with Crippen LogP contribution in [0.4, 0.5) is 0 Å². The summed E-state index contributed by atoms with van der Waals surface area (Å²) >= 11 is 0. The number of amides is 1. The lowest BCUT2D eigenvalue weighted by Crippen LogP contribution is -2.41. The molecule has 0 bridgehead atoms. The maximum atomic E-state index is 12.8. The van der Waals surface area contributed by atoms with E-state index < -0.39 is 0 Å². The third-order valence-corrected chi connectivity index (χ3v) is 5.28. The molecule has 7 nitrogen and oxygen atoms in total. The molecule has 1 aromatic heterocycles. The van der Waals surface area contributed by atoms with Gasteiger partial charge in [-0.3, -0.25) is 4.79 Å². The smallest absolute Gasteiger partial charge is 0.231 e. The van der Waals surface area contributed by atoms with Crippen LogP contribution in [0.3, 0.4) is 0 Å². The summed E-state index contributed by atoms with van der Waals surface area (Å²) in [5, 5.41) is 4.07. The second-order valence-corrected chi connectivity index (χ2v) is 7.44. The van der Waals surface area contributed by atoms with E-state index in [1.54, 1.807) is 0 Å². The van der Waals surface area contributed by atoms with Crippen LogP contribution in [-0.2, 0) is 11.2 Å². The highest BCUT2D eigenvalue weighted by molar-refractivity contribution is 5.79. The fourth-order valence-corrected chi connectivity index (χ4v) is 3.76. The summed E-state index contributed by atoms with van der Waals surface area (Å²) in [4.78, 5) is 19.2. The molecule has 1 aromatic carbocycles. The number of fused-ring (bicyclic) bond motifs is 1. The summed E-state index contributed by atoms with van der Waals surface area (Å²) in [7, 11) is 0. The highest BCUT2D eigenvalue weighted by atomic mass is 16.7. The van der Waals surface area contributed by atoms with E-state index in [4.69, 9.17) is 14.0 Å². The van der Waals surface area contributed by atoms with Gasteiger partial charge in [0.1, 0.15) is 0 Å². The van der Waals surface area contributed by atoms with Crippen molar-refractivity contribution in [3.05, 3.63) is 24.1 Å². The van der Waals surface area contributed by atoms with Crippen LogP contribution in [0.25, 0.3) is 11.4 Å². The van der Waals surface area contributed by atoms with Crippen molar-refractivity contribution >= 4 is 5.91 Å². The Bertz CT molecular complexity index is 811. The van der Waals surface area contributed by atoms with Gasteiger partial charge >= 0.3 is 0 Å². The van der Waals surface area contributed by atoms with Crippen LogP contribution in [-0.4, -0.2) is 40.3 Å². The van der Waals surface area contributed by atoms with Crippen molar-refractivity contribution in [3.63, 3.8) is 0 Å². The molecule has 0 radical (unpaired) electrons. The van der Waals surface area contributed by atoms with E-state index in [0.29, 0.717) is 30.4 Å². The van der Waals surface area contributed by atoms with E-state index in [1.165, 1.54) is 0 Å². The molecule has 0 atom stereocenters. The van der Waals surface area contributed by atoms with Gasteiger partial charge in [0.15, 0.2) is 11.5 Å². The van der Waals surface area contributed by atoms with Crippen LogP contribution < -0.4 is 9.47 Å². The maximum Gasteiger partial charge on any atom is 0.231 e. The molecule has 0 N–H and O–H groups in total. The Labute approximate surface area is 158 Å². The Morgan fingerprint density at radius 1 is 1.22 bits per heavy atom. The summed E-state index contributed by atoms with van der Waals surface area (Å²) in [6, 6.07) is 5.73. The minimum Gasteiger partial charge on any atom is -0.454 e. The average Bonchev–Trinajstić information content (AvgIpc) is 3.41. The molecule has 4 rings (SSSR count). The lowest BCUT2D eigenvalue weighted by molar-refractivity contribution is -0.137. The minimum atomic E-state index is 0.161. The maximum absolute atomic E-state index is 12.8. The number of nitrogens with zero attached hydrogens (tertiary/aromatic N) is 3. The van der Waals surface area contributed by atoms with Gasteiger partial charge in [-0.1, -0.05) is 18.0 Å². The van der Waals surface area contributed by atoms with E-state index in [-0.39, 0.29) is 24.7 Å². The highest BCUT2D eigenvalue weighted by Gasteiger charge is 2.28. The van der Waals surface area contributed by atoms with Crippen molar-refractivity contribution in [1.82, 2.24) is 15.0 Å². The quantitative estimate of drug-likeness (QED) is 0.774. The first-order chi connectivity index (χ1) is 13.1. The highest BCUT2D eigenvalue weighted by Crippen LogP contribution is 2.35. The summed E-state index contributed by atoms with van der Waals surface area (Å²) in [6.45, 7) is 4.93. The number of rotatable bonds is 6. The van der Waals surface area contributed by atoms with Crippen LogP contribution in [0.5, 0.6) is 11.5 Å². The number of hydrogen-bond donors (Lipinski definition) is 0. The Balaban J connectivity index is 1.41. The molecule has 2 aliphatic rings. The molecule has 2 heterocycles. The van der Waals surface area contributed by atoms with Gasteiger partial charge in [0.25, 0.3) is 0 Å². The zero-order chi connectivity index (χ0) is 18.8. The Kier molecular flexibility index (Phi) is 5.01. The van der Waals surface area contributed by atoms with Crippen LogP contribution in [0.15, 0.2) is 22.7 Å². The number of benzene rings is 1. The summed E-state index contributed by atoms with van der Waals surface area (Å²) < 4.78 is 16.1. The normalized spacial score (nSPS) is 16.3. The van der Waals surface area contributed by atoms with Gasteiger partial charge < -0.3 is 18.9 Å². The Hall–Kier alpha value is -2.57. The standard InChI is InChI=1S/C20H25N3O4/c1-13(2)23(20(24)14-5-3-4-6-14)10-9-18-21-19(22-27-18)15-7-8-16-17(11-15)26-12-25-16/h7-8,11,13-14H,3-6,9-10,12H2,1-2H3. The largest absolute Gasteiger partial charge is 0.454 e. The molecular formula is C20H25N3O4. The van der Waals surface area contributed by atoms with E-state index in [1.807, 2.05) is 23.1 Å². The van der Waals surface area contributed by atoms with Crippen LogP contribution in [0.2, 0.25) is 0 Å². The molecular weight excluding hydrogens is 346 g/mol. The van der Waals surface area contributed by atoms with Crippen molar-refractivity contribution in [2.45, 2.75) is 52.0 Å². The molecule has 1 aliphatic heterocycles. The SMILES string of the molecule is CC(C)N(CCc1nc(-c2ccc3c(c2)OCO3)no1)C(=O)C1CCCC1. The molecule has 27 heavy (non-hydrogen) atoms. The van der Waals surface area contributed by atoms with Crippen molar-refractivity contribution in [2.24, 2.45) is 5.92 Å². The molecule has 7 heteroatoms. The van der Waals surface area contributed by atoms with Crippen molar-refractivity contribution < 1.29 is 18.8 Å². The fourth-order valence-electron chi connectivity index (χ4n) is 3.76. The predicted molar refractivity (Wildman–Crippen MR) is 98.4 cm³/mol. The van der Waals surface area contributed by atoms with Gasteiger partial charge in [-0.2, -0.15) is 4.98 Å².